The van der Waals surface area contributed by atoms with Crippen molar-refractivity contribution in [3.63, 3.8) is 0 Å². The molecule has 21 heavy (non-hydrogen) atoms. The van der Waals surface area contributed by atoms with E-state index in [2.05, 4.69) is 5.32 Å². The lowest BCUT2D eigenvalue weighted by atomic mass is 10.0. The first-order chi connectivity index (χ1) is 10.1. The van der Waals surface area contributed by atoms with Gasteiger partial charge in [0.15, 0.2) is 0 Å². The Morgan fingerprint density at radius 2 is 1.71 bits per heavy atom. The van der Waals surface area contributed by atoms with E-state index in [0.717, 1.165) is 0 Å². The van der Waals surface area contributed by atoms with Crippen molar-refractivity contribution in [2.75, 3.05) is 6.54 Å². The third kappa shape index (κ3) is 4.07. The smallest absolute Gasteiger partial charge is 0.335 e. The van der Waals surface area contributed by atoms with Crippen LogP contribution in [0.2, 0.25) is 5.02 Å². The van der Waals surface area contributed by atoms with E-state index in [9.17, 15) is 9.59 Å². The van der Waals surface area contributed by atoms with Gasteiger partial charge in [0.05, 0.1) is 5.56 Å². The highest BCUT2D eigenvalue weighted by molar-refractivity contribution is 6.30. The highest BCUT2D eigenvalue weighted by Crippen LogP contribution is 2.10. The van der Waals surface area contributed by atoms with Crippen molar-refractivity contribution in [1.29, 1.82) is 0 Å². The molecule has 0 fully saturated rings. The van der Waals surface area contributed by atoms with E-state index >= 15 is 0 Å². The van der Waals surface area contributed by atoms with E-state index in [4.69, 9.17) is 16.7 Å². The number of aromatic carboxylic acids is 1. The van der Waals surface area contributed by atoms with E-state index in [1.165, 1.54) is 0 Å². The second-order valence-corrected chi connectivity index (χ2v) is 4.91. The summed E-state index contributed by atoms with van der Waals surface area (Å²) in [4.78, 5) is 23.0. The number of carboxylic acids is 1. The molecular weight excluding hydrogens is 290 g/mol. The van der Waals surface area contributed by atoms with Gasteiger partial charge < -0.3 is 10.4 Å². The lowest BCUT2D eigenvalue weighted by Gasteiger charge is -2.07. The summed E-state index contributed by atoms with van der Waals surface area (Å²) in [7, 11) is 0. The molecule has 0 aliphatic heterocycles. The predicted octanol–water partition coefficient (Wildman–Crippen LogP) is 3.01. The second kappa shape index (κ2) is 6.90. The van der Waals surface area contributed by atoms with Gasteiger partial charge in [-0.05, 0) is 42.3 Å². The lowest BCUT2D eigenvalue weighted by molar-refractivity contribution is 0.0695. The zero-order valence-corrected chi connectivity index (χ0v) is 11.9. The van der Waals surface area contributed by atoms with E-state index in [1.807, 2.05) is 0 Å². The van der Waals surface area contributed by atoms with E-state index in [-0.39, 0.29) is 11.5 Å². The fraction of sp³-hybridized carbons (Fsp3) is 0.125. The molecule has 4 nitrogen and oxygen atoms in total. The zero-order valence-electron chi connectivity index (χ0n) is 11.2. The number of amides is 1. The summed E-state index contributed by atoms with van der Waals surface area (Å²) >= 11 is 5.76. The van der Waals surface area contributed by atoms with E-state index in [1.54, 1.807) is 48.5 Å². The van der Waals surface area contributed by atoms with Gasteiger partial charge in [0.1, 0.15) is 0 Å². The van der Waals surface area contributed by atoms with Gasteiger partial charge in [0, 0.05) is 17.1 Å². The first-order valence-corrected chi connectivity index (χ1v) is 6.80. The minimum atomic E-state index is -0.963. The van der Waals surface area contributed by atoms with Gasteiger partial charge in [-0.3, -0.25) is 4.79 Å². The van der Waals surface area contributed by atoms with Gasteiger partial charge in [-0.25, -0.2) is 4.79 Å². The van der Waals surface area contributed by atoms with Crippen LogP contribution in [0.15, 0.2) is 48.5 Å². The molecule has 2 aromatic rings. The van der Waals surface area contributed by atoms with Crippen molar-refractivity contribution in [3.05, 3.63) is 70.2 Å². The number of halogens is 1. The number of hydrogen-bond donors (Lipinski definition) is 2. The first kappa shape index (κ1) is 15.1. The summed E-state index contributed by atoms with van der Waals surface area (Å²) in [6, 6.07) is 13.3. The molecule has 2 N–H and O–H groups in total. The molecule has 1 amide bonds. The lowest BCUT2D eigenvalue weighted by Crippen LogP contribution is -2.26. The minimum Gasteiger partial charge on any atom is -0.478 e. The van der Waals surface area contributed by atoms with Crippen LogP contribution in [0.25, 0.3) is 0 Å². The van der Waals surface area contributed by atoms with Gasteiger partial charge in [-0.15, -0.1) is 0 Å². The molecule has 0 unspecified atom stereocenters. The summed E-state index contributed by atoms with van der Waals surface area (Å²) in [6.07, 6.45) is 0.460. The number of nitrogens with one attached hydrogen (secondary N) is 1. The van der Waals surface area contributed by atoms with Gasteiger partial charge in [-0.1, -0.05) is 29.8 Å². The number of hydrogen-bond acceptors (Lipinski definition) is 2. The number of carbonyl (C=O) groups is 2. The molecule has 0 aliphatic rings. The van der Waals surface area contributed by atoms with Crippen LogP contribution in [0.5, 0.6) is 0 Å². The Hall–Kier alpha value is -2.33. The monoisotopic (exact) mass is 303 g/mol. The number of carbonyl (C=O) groups excluding carboxylic acids is 1. The Bertz CT molecular complexity index is 653. The molecule has 0 saturated carbocycles. The van der Waals surface area contributed by atoms with Crippen molar-refractivity contribution < 1.29 is 14.7 Å². The highest BCUT2D eigenvalue weighted by Gasteiger charge is 2.09. The topological polar surface area (TPSA) is 66.4 Å². The summed E-state index contributed by atoms with van der Waals surface area (Å²) in [5.74, 6) is -1.17. The molecule has 0 heterocycles. The molecule has 0 spiro atoms. The molecule has 108 valence electrons. The van der Waals surface area contributed by atoms with Gasteiger partial charge in [-0.2, -0.15) is 0 Å². The van der Waals surface area contributed by atoms with Crippen LogP contribution in [0.1, 0.15) is 26.3 Å². The van der Waals surface area contributed by atoms with Crippen LogP contribution in [0.4, 0.5) is 0 Å². The van der Waals surface area contributed by atoms with E-state index < -0.39 is 5.97 Å². The molecular formula is C16H14ClNO3. The molecule has 0 atom stereocenters. The van der Waals surface area contributed by atoms with Crippen molar-refractivity contribution in [1.82, 2.24) is 5.32 Å². The summed E-state index contributed by atoms with van der Waals surface area (Å²) in [5.41, 5.74) is 1.48. The maximum Gasteiger partial charge on any atom is 0.335 e. The first-order valence-electron chi connectivity index (χ1n) is 6.43. The molecule has 0 aliphatic carbocycles. The fourth-order valence-electron chi connectivity index (χ4n) is 1.96. The summed E-state index contributed by atoms with van der Waals surface area (Å²) < 4.78 is 0. The number of carboxylic acid groups (broad SMARTS) is 1. The largest absolute Gasteiger partial charge is 0.478 e. The van der Waals surface area contributed by atoms with Gasteiger partial charge >= 0.3 is 5.97 Å². The maximum absolute atomic E-state index is 11.9. The van der Waals surface area contributed by atoms with Gasteiger partial charge in [0.25, 0.3) is 5.91 Å². The Kier molecular flexibility index (Phi) is 4.95. The summed E-state index contributed by atoms with van der Waals surface area (Å²) in [6.45, 7) is 0.367. The maximum atomic E-state index is 11.9. The standard InChI is InChI=1S/C16H14ClNO3/c17-13-7-5-12(6-8-13)15(19)18-10-9-11-3-1-2-4-14(11)16(20)21/h1-8H,9-10H2,(H,18,19)(H,20,21). The molecule has 2 aromatic carbocycles. The normalized spacial score (nSPS) is 10.1. The van der Waals surface area contributed by atoms with Crippen LogP contribution in [-0.2, 0) is 6.42 Å². The highest BCUT2D eigenvalue weighted by atomic mass is 35.5. The quantitative estimate of drug-likeness (QED) is 0.892. The second-order valence-electron chi connectivity index (χ2n) is 4.48. The SMILES string of the molecule is O=C(NCCc1ccccc1C(=O)O)c1ccc(Cl)cc1. The number of rotatable bonds is 5. The Labute approximate surface area is 127 Å². The third-order valence-corrected chi connectivity index (χ3v) is 3.29. The van der Waals surface area contributed by atoms with Crippen molar-refractivity contribution in [2.45, 2.75) is 6.42 Å². The van der Waals surface area contributed by atoms with Crippen molar-refractivity contribution >= 4 is 23.5 Å². The molecule has 0 bridgehead atoms. The minimum absolute atomic E-state index is 0.209. The van der Waals surface area contributed by atoms with Crippen molar-refractivity contribution in [2.24, 2.45) is 0 Å². The van der Waals surface area contributed by atoms with Crippen LogP contribution < -0.4 is 5.32 Å². The van der Waals surface area contributed by atoms with Crippen molar-refractivity contribution in [3.8, 4) is 0 Å². The number of benzene rings is 2. The molecule has 0 aromatic heterocycles. The average Bonchev–Trinajstić information content (AvgIpc) is 2.48. The van der Waals surface area contributed by atoms with Gasteiger partial charge in [0.2, 0.25) is 0 Å². The molecule has 0 saturated heterocycles. The van der Waals surface area contributed by atoms with Crippen LogP contribution in [0, 0.1) is 0 Å². The van der Waals surface area contributed by atoms with Crippen LogP contribution in [-0.4, -0.2) is 23.5 Å². The van der Waals surface area contributed by atoms with Crippen LogP contribution >= 0.6 is 11.6 Å². The Morgan fingerprint density at radius 1 is 1.05 bits per heavy atom. The fourth-order valence-corrected chi connectivity index (χ4v) is 2.09. The Morgan fingerprint density at radius 3 is 2.38 bits per heavy atom. The third-order valence-electron chi connectivity index (χ3n) is 3.03. The predicted molar refractivity (Wildman–Crippen MR) is 80.9 cm³/mol. The van der Waals surface area contributed by atoms with E-state index in [0.29, 0.717) is 29.1 Å². The average molecular weight is 304 g/mol. The van der Waals surface area contributed by atoms with Crippen LogP contribution in [0.3, 0.4) is 0 Å². The molecule has 2 rings (SSSR count). The Balaban J connectivity index is 1.94. The molecule has 0 radical (unpaired) electrons. The zero-order chi connectivity index (χ0) is 15.2. The molecule has 5 heteroatoms. The summed E-state index contributed by atoms with van der Waals surface area (Å²) in [5, 5.41) is 12.4.